The zero-order chi connectivity index (χ0) is 24.9. The number of aromatic nitrogens is 5. The number of nitrogens with one attached hydrogen (secondary N) is 1. The van der Waals surface area contributed by atoms with E-state index in [9.17, 15) is 15.3 Å². The number of pyridine rings is 1. The van der Waals surface area contributed by atoms with E-state index in [1.54, 1.807) is 24.3 Å². The van der Waals surface area contributed by atoms with Crippen molar-refractivity contribution in [3.05, 3.63) is 81.0 Å². The molecule has 8 nitrogen and oxygen atoms in total. The van der Waals surface area contributed by atoms with E-state index in [0.717, 1.165) is 5.56 Å². The first-order chi connectivity index (χ1) is 16.7. The lowest BCUT2D eigenvalue weighted by atomic mass is 9.94. The van der Waals surface area contributed by atoms with Crippen molar-refractivity contribution in [3.8, 4) is 34.5 Å². The third-order valence-electron chi connectivity index (χ3n) is 5.69. The Bertz CT molecular complexity index is 1780. The fourth-order valence-electron chi connectivity index (χ4n) is 4.05. The first-order valence-corrected chi connectivity index (χ1v) is 11.1. The maximum atomic E-state index is 12.6. The van der Waals surface area contributed by atoms with E-state index < -0.39 is 5.41 Å². The maximum Gasteiger partial charge on any atom is 0.349 e. The first kappa shape index (κ1) is 22.3. The van der Waals surface area contributed by atoms with Gasteiger partial charge in [0.25, 0.3) is 0 Å². The van der Waals surface area contributed by atoms with Crippen LogP contribution in [0.3, 0.4) is 0 Å². The zero-order valence-corrected chi connectivity index (χ0v) is 19.8. The summed E-state index contributed by atoms with van der Waals surface area (Å²) in [7, 11) is 0. The minimum absolute atomic E-state index is 0.319. The van der Waals surface area contributed by atoms with Crippen molar-refractivity contribution in [1.29, 1.82) is 10.5 Å². The average molecular weight is 480 g/mol. The van der Waals surface area contributed by atoms with E-state index >= 15 is 0 Å². The summed E-state index contributed by atoms with van der Waals surface area (Å²) in [5.74, 6) is 0.511. The topological polar surface area (TPSA) is 124 Å². The average Bonchev–Trinajstić information content (AvgIpc) is 3.23. The molecule has 35 heavy (non-hydrogen) atoms. The van der Waals surface area contributed by atoms with Gasteiger partial charge in [-0.05, 0) is 35.9 Å². The molecule has 0 saturated carbocycles. The molecule has 0 atom stereocenters. The van der Waals surface area contributed by atoms with Crippen LogP contribution in [0.5, 0.6) is 0 Å². The van der Waals surface area contributed by atoms with Crippen LogP contribution in [0.1, 0.15) is 37.7 Å². The molecule has 0 spiro atoms. The molecule has 0 unspecified atom stereocenters. The zero-order valence-electron chi connectivity index (χ0n) is 19.1. The minimum atomic E-state index is -0.469. The molecule has 0 fully saturated rings. The van der Waals surface area contributed by atoms with Gasteiger partial charge in [-0.15, -0.1) is 0 Å². The number of hydrogen-bond donors (Lipinski definition) is 1. The number of nitriles is 2. The van der Waals surface area contributed by atoms with Crippen LogP contribution < -0.4 is 5.69 Å². The third-order valence-corrected chi connectivity index (χ3v) is 5.94. The fourth-order valence-corrected chi connectivity index (χ4v) is 4.17. The van der Waals surface area contributed by atoms with Crippen LogP contribution in [0.15, 0.2) is 53.3 Å². The summed E-state index contributed by atoms with van der Waals surface area (Å²) < 4.78 is 1.47. The van der Waals surface area contributed by atoms with Gasteiger partial charge in [-0.2, -0.15) is 15.6 Å². The van der Waals surface area contributed by atoms with Crippen molar-refractivity contribution < 1.29 is 0 Å². The third kappa shape index (κ3) is 3.71. The molecule has 0 radical (unpaired) electrons. The second-order valence-corrected chi connectivity index (χ2v) is 9.56. The Morgan fingerprint density at radius 2 is 1.71 bits per heavy atom. The van der Waals surface area contributed by atoms with E-state index in [0.29, 0.717) is 55.5 Å². The molecule has 3 aromatic heterocycles. The Morgan fingerprint density at radius 1 is 0.971 bits per heavy atom. The van der Waals surface area contributed by atoms with Crippen LogP contribution in [0, 0.1) is 22.7 Å². The highest BCUT2D eigenvalue weighted by atomic mass is 35.5. The number of fused-ring (bicyclic) bond motifs is 3. The van der Waals surface area contributed by atoms with Crippen molar-refractivity contribution in [2.45, 2.75) is 26.2 Å². The Hall–Kier alpha value is -4.53. The molecular formula is C26H18ClN7O. The van der Waals surface area contributed by atoms with E-state index in [-0.39, 0.29) is 5.69 Å². The van der Waals surface area contributed by atoms with Crippen LogP contribution in [0.2, 0.25) is 5.02 Å². The molecule has 9 heteroatoms. The van der Waals surface area contributed by atoms with Gasteiger partial charge in [0.15, 0.2) is 11.3 Å². The van der Waals surface area contributed by atoms with Crippen LogP contribution >= 0.6 is 11.6 Å². The quantitative estimate of drug-likeness (QED) is 0.380. The molecule has 0 amide bonds. The van der Waals surface area contributed by atoms with Gasteiger partial charge >= 0.3 is 5.69 Å². The Morgan fingerprint density at radius 3 is 2.37 bits per heavy atom. The summed E-state index contributed by atoms with van der Waals surface area (Å²) >= 11 is 6.12. The van der Waals surface area contributed by atoms with Crippen LogP contribution in [0.4, 0.5) is 0 Å². The van der Waals surface area contributed by atoms with Crippen LogP contribution in [0.25, 0.3) is 39.1 Å². The summed E-state index contributed by atoms with van der Waals surface area (Å²) in [5.41, 5.74) is 3.26. The predicted molar refractivity (Wildman–Crippen MR) is 133 cm³/mol. The number of aromatic amines is 1. The van der Waals surface area contributed by atoms with Crippen LogP contribution in [-0.2, 0) is 5.41 Å². The molecule has 0 aliphatic carbocycles. The van der Waals surface area contributed by atoms with E-state index in [2.05, 4.69) is 22.3 Å². The second-order valence-electron chi connectivity index (χ2n) is 9.12. The Labute approximate surface area is 205 Å². The summed E-state index contributed by atoms with van der Waals surface area (Å²) in [5, 5.41) is 27.1. The molecular weight excluding hydrogens is 462 g/mol. The molecule has 0 aliphatic rings. The Kier molecular flexibility index (Phi) is 5.12. The van der Waals surface area contributed by atoms with E-state index in [4.69, 9.17) is 21.6 Å². The lowest BCUT2D eigenvalue weighted by Gasteiger charge is -2.20. The van der Waals surface area contributed by atoms with Crippen molar-refractivity contribution >= 4 is 28.3 Å². The first-order valence-electron chi connectivity index (χ1n) is 10.7. The molecule has 0 aliphatic heterocycles. The SMILES string of the molecule is CC(C)(C)c1nc2nc(-c3ccc(C#N)cc3C#N)c(-c3ccc(Cl)cc3)cc2c2n[nH]c(=O)n12. The van der Waals surface area contributed by atoms with Crippen molar-refractivity contribution in [1.82, 2.24) is 24.6 Å². The number of H-pyrrole nitrogens is 1. The summed E-state index contributed by atoms with van der Waals surface area (Å²) in [4.78, 5) is 22.3. The summed E-state index contributed by atoms with van der Waals surface area (Å²) in [6, 6.07) is 18.3. The van der Waals surface area contributed by atoms with Gasteiger partial charge in [0.05, 0.1) is 34.3 Å². The Balaban J connectivity index is 1.94. The summed E-state index contributed by atoms with van der Waals surface area (Å²) in [6.45, 7) is 5.87. The summed E-state index contributed by atoms with van der Waals surface area (Å²) in [6.07, 6.45) is 0. The largest absolute Gasteiger partial charge is 0.349 e. The molecule has 170 valence electrons. The number of nitrogens with zero attached hydrogens (tertiary/aromatic N) is 6. The lowest BCUT2D eigenvalue weighted by Crippen LogP contribution is -2.25. The molecule has 0 bridgehead atoms. The maximum absolute atomic E-state index is 12.6. The normalized spacial score (nSPS) is 11.5. The van der Waals surface area contributed by atoms with E-state index in [1.807, 2.05) is 39.0 Å². The fraction of sp³-hybridized carbons (Fsp3) is 0.154. The van der Waals surface area contributed by atoms with Crippen molar-refractivity contribution in [2.75, 3.05) is 0 Å². The number of benzene rings is 2. The smallest absolute Gasteiger partial charge is 0.246 e. The minimum Gasteiger partial charge on any atom is -0.246 e. The second kappa shape index (κ2) is 8.05. The van der Waals surface area contributed by atoms with Gasteiger partial charge < -0.3 is 0 Å². The highest BCUT2D eigenvalue weighted by molar-refractivity contribution is 6.30. The highest BCUT2D eigenvalue weighted by Gasteiger charge is 2.25. The predicted octanol–water partition coefficient (Wildman–Crippen LogP) is 4.99. The highest BCUT2D eigenvalue weighted by Crippen LogP contribution is 2.36. The van der Waals surface area contributed by atoms with Gasteiger partial charge in [0.2, 0.25) is 0 Å². The van der Waals surface area contributed by atoms with Gasteiger partial charge in [-0.1, -0.05) is 50.6 Å². The molecule has 2 aromatic carbocycles. The molecule has 1 N–H and O–H groups in total. The molecule has 3 heterocycles. The number of halogens is 1. The standard InChI is InChI=1S/C26H18ClN7O/c1-26(2,3)24-31-22-20(23-32-33-25(35)34(23)24)11-19(15-5-7-17(27)8-6-15)21(30-22)18-9-4-14(12-28)10-16(18)13-29/h4-11H,1-3H3,(H,33,35). The van der Waals surface area contributed by atoms with Crippen molar-refractivity contribution in [3.63, 3.8) is 0 Å². The molecule has 5 rings (SSSR count). The van der Waals surface area contributed by atoms with Gasteiger partial charge in [0, 0.05) is 21.6 Å². The van der Waals surface area contributed by atoms with Gasteiger partial charge in [0.1, 0.15) is 5.82 Å². The lowest BCUT2D eigenvalue weighted by molar-refractivity contribution is 0.535. The molecule has 5 aromatic rings. The molecule has 0 saturated heterocycles. The van der Waals surface area contributed by atoms with E-state index in [1.165, 1.54) is 10.5 Å². The monoisotopic (exact) mass is 479 g/mol. The number of rotatable bonds is 2. The van der Waals surface area contributed by atoms with Gasteiger partial charge in [-0.25, -0.2) is 24.3 Å². The van der Waals surface area contributed by atoms with Crippen molar-refractivity contribution in [2.24, 2.45) is 0 Å². The number of hydrogen-bond acceptors (Lipinski definition) is 6. The van der Waals surface area contributed by atoms with Gasteiger partial charge in [-0.3, -0.25) is 0 Å². The van der Waals surface area contributed by atoms with Crippen LogP contribution in [-0.4, -0.2) is 24.6 Å².